The molecule has 1 aliphatic heterocycles. The zero-order valence-electron chi connectivity index (χ0n) is 13.9. The minimum Gasteiger partial charge on any atom is -0.257 e. The monoisotopic (exact) mass is 259 g/mol. The van der Waals surface area contributed by atoms with Crippen molar-refractivity contribution in [1.29, 1.82) is 0 Å². The number of aliphatic imine (C=N–C) groups is 1. The molecule has 0 saturated heterocycles. The maximum atomic E-state index is 4.81. The van der Waals surface area contributed by atoms with Gasteiger partial charge in [0.2, 0.25) is 0 Å². The van der Waals surface area contributed by atoms with Crippen LogP contribution in [0.25, 0.3) is 0 Å². The van der Waals surface area contributed by atoms with E-state index in [9.17, 15) is 0 Å². The summed E-state index contributed by atoms with van der Waals surface area (Å²) in [5.41, 5.74) is 5.62. The fourth-order valence-electron chi connectivity index (χ4n) is 2.08. The maximum absolute atomic E-state index is 4.81. The number of rotatable bonds is 0. The summed E-state index contributed by atoms with van der Waals surface area (Å²) >= 11 is 0. The van der Waals surface area contributed by atoms with Gasteiger partial charge in [0, 0.05) is 17.5 Å². The Hall–Kier alpha value is -1.11. The van der Waals surface area contributed by atoms with Gasteiger partial charge in [-0.15, -0.1) is 0 Å². The van der Waals surface area contributed by atoms with Crippen molar-refractivity contribution in [3.8, 4) is 0 Å². The Bertz CT molecular complexity index is 467. The van der Waals surface area contributed by atoms with E-state index in [1.54, 1.807) is 0 Å². The van der Waals surface area contributed by atoms with Gasteiger partial charge in [0.25, 0.3) is 0 Å². The van der Waals surface area contributed by atoms with Crippen LogP contribution in [-0.4, -0.2) is 5.71 Å². The molecule has 0 saturated carbocycles. The van der Waals surface area contributed by atoms with Crippen LogP contribution in [0.2, 0.25) is 0 Å². The highest BCUT2D eigenvalue weighted by molar-refractivity contribution is 5.97. The van der Waals surface area contributed by atoms with Crippen molar-refractivity contribution in [2.75, 3.05) is 0 Å². The lowest BCUT2D eigenvalue weighted by atomic mass is 9.85. The van der Waals surface area contributed by atoms with Gasteiger partial charge in [-0.3, -0.25) is 4.99 Å². The van der Waals surface area contributed by atoms with Crippen LogP contribution in [0.1, 0.15) is 66.5 Å². The van der Waals surface area contributed by atoms with Crippen molar-refractivity contribution in [1.82, 2.24) is 0 Å². The molecule has 0 spiro atoms. The molecule has 1 aromatic rings. The molecular weight excluding hydrogens is 230 g/mol. The first kappa shape index (κ1) is 15.9. The number of fused-ring (bicyclic) bond motifs is 1. The Balaban J connectivity index is 0.000000861. The van der Waals surface area contributed by atoms with Crippen LogP contribution in [0.15, 0.2) is 23.2 Å². The van der Waals surface area contributed by atoms with Crippen LogP contribution in [0.3, 0.4) is 0 Å². The summed E-state index contributed by atoms with van der Waals surface area (Å²) in [5.74, 6) is 0. The van der Waals surface area contributed by atoms with Crippen molar-refractivity contribution < 1.29 is 0 Å². The molecular formula is C18H29N. The molecule has 0 aromatic heterocycles. The summed E-state index contributed by atoms with van der Waals surface area (Å²) in [7, 11) is 0. The molecule has 0 atom stereocenters. The molecule has 0 amide bonds. The van der Waals surface area contributed by atoms with E-state index in [2.05, 4.69) is 59.7 Å². The molecule has 106 valence electrons. The second-order valence-electron chi connectivity index (χ2n) is 7.08. The number of hydrogen-bond acceptors (Lipinski definition) is 1. The molecule has 0 radical (unpaired) electrons. The molecule has 19 heavy (non-hydrogen) atoms. The molecule has 1 nitrogen and oxygen atoms in total. The third kappa shape index (κ3) is 3.68. The van der Waals surface area contributed by atoms with Gasteiger partial charge in [-0.2, -0.15) is 0 Å². The van der Waals surface area contributed by atoms with Crippen LogP contribution in [-0.2, 0) is 11.8 Å². The van der Waals surface area contributed by atoms with Crippen molar-refractivity contribution in [2.45, 2.75) is 67.2 Å². The molecule has 0 aliphatic carbocycles. The summed E-state index contributed by atoms with van der Waals surface area (Å²) < 4.78 is 0. The molecule has 1 heterocycles. The second kappa shape index (κ2) is 5.48. The van der Waals surface area contributed by atoms with Crippen molar-refractivity contribution in [3.05, 3.63) is 29.3 Å². The summed E-state index contributed by atoms with van der Waals surface area (Å²) in [5, 5.41) is 0. The Morgan fingerprint density at radius 1 is 0.895 bits per heavy atom. The summed E-state index contributed by atoms with van der Waals surface area (Å²) in [6.07, 6.45) is 1.02. The normalized spacial score (nSPS) is 14.4. The SMILES string of the molecule is CC.CC(C)(C)C1=Nc2cc(C(C)(C)C)ccc2C1. The molecule has 0 bridgehead atoms. The van der Waals surface area contributed by atoms with Crippen LogP contribution in [0, 0.1) is 5.41 Å². The first-order chi connectivity index (χ1) is 8.68. The summed E-state index contributed by atoms with van der Waals surface area (Å²) in [6, 6.07) is 6.76. The van der Waals surface area contributed by atoms with Gasteiger partial charge in [0.1, 0.15) is 0 Å². The average Bonchev–Trinajstić information content (AvgIpc) is 2.72. The minimum absolute atomic E-state index is 0.181. The zero-order chi connectivity index (χ0) is 14.8. The van der Waals surface area contributed by atoms with E-state index in [-0.39, 0.29) is 10.8 Å². The van der Waals surface area contributed by atoms with E-state index >= 15 is 0 Å². The van der Waals surface area contributed by atoms with Crippen LogP contribution in [0.5, 0.6) is 0 Å². The number of benzene rings is 1. The van der Waals surface area contributed by atoms with Gasteiger partial charge < -0.3 is 0 Å². The van der Waals surface area contributed by atoms with Gasteiger partial charge in [-0.05, 0) is 22.6 Å². The van der Waals surface area contributed by atoms with Crippen molar-refractivity contribution >= 4 is 11.4 Å². The smallest absolute Gasteiger partial charge is 0.0668 e. The predicted molar refractivity (Wildman–Crippen MR) is 86.7 cm³/mol. The molecule has 0 unspecified atom stereocenters. The molecule has 1 heteroatoms. The molecule has 1 aliphatic rings. The van der Waals surface area contributed by atoms with Crippen LogP contribution < -0.4 is 0 Å². The second-order valence-corrected chi connectivity index (χ2v) is 7.08. The largest absolute Gasteiger partial charge is 0.257 e. The highest BCUT2D eigenvalue weighted by atomic mass is 14.8. The van der Waals surface area contributed by atoms with E-state index in [1.165, 1.54) is 22.5 Å². The van der Waals surface area contributed by atoms with Gasteiger partial charge in [0.05, 0.1) is 5.69 Å². The number of hydrogen-bond donors (Lipinski definition) is 0. The lowest BCUT2D eigenvalue weighted by Crippen LogP contribution is -2.19. The summed E-state index contributed by atoms with van der Waals surface area (Å²) in [6.45, 7) is 17.5. The van der Waals surface area contributed by atoms with E-state index in [0.717, 1.165) is 6.42 Å². The fraction of sp³-hybridized carbons (Fsp3) is 0.611. The van der Waals surface area contributed by atoms with E-state index < -0.39 is 0 Å². The van der Waals surface area contributed by atoms with Crippen molar-refractivity contribution in [3.63, 3.8) is 0 Å². The van der Waals surface area contributed by atoms with Crippen LogP contribution >= 0.6 is 0 Å². The Kier molecular flexibility index (Phi) is 4.60. The van der Waals surface area contributed by atoms with Crippen LogP contribution in [0.4, 0.5) is 5.69 Å². The number of nitrogens with zero attached hydrogens (tertiary/aromatic N) is 1. The first-order valence-corrected chi connectivity index (χ1v) is 7.39. The minimum atomic E-state index is 0.181. The van der Waals surface area contributed by atoms with E-state index in [1.807, 2.05) is 13.8 Å². The molecule has 0 N–H and O–H groups in total. The lowest BCUT2D eigenvalue weighted by molar-refractivity contribution is 0.584. The fourth-order valence-corrected chi connectivity index (χ4v) is 2.08. The third-order valence-electron chi connectivity index (χ3n) is 3.43. The summed E-state index contributed by atoms with van der Waals surface area (Å²) in [4.78, 5) is 4.81. The van der Waals surface area contributed by atoms with E-state index in [4.69, 9.17) is 4.99 Å². The Morgan fingerprint density at radius 3 is 1.95 bits per heavy atom. The first-order valence-electron chi connectivity index (χ1n) is 7.39. The molecule has 1 aromatic carbocycles. The lowest BCUT2D eigenvalue weighted by Gasteiger charge is -2.19. The maximum Gasteiger partial charge on any atom is 0.0668 e. The van der Waals surface area contributed by atoms with Crippen molar-refractivity contribution in [2.24, 2.45) is 10.4 Å². The predicted octanol–water partition coefficient (Wildman–Crippen LogP) is 5.69. The average molecular weight is 259 g/mol. The van der Waals surface area contributed by atoms with Gasteiger partial charge >= 0.3 is 0 Å². The third-order valence-corrected chi connectivity index (χ3v) is 3.43. The van der Waals surface area contributed by atoms with Gasteiger partial charge in [-0.1, -0.05) is 67.5 Å². The van der Waals surface area contributed by atoms with E-state index in [0.29, 0.717) is 0 Å². The zero-order valence-corrected chi connectivity index (χ0v) is 13.9. The Labute approximate surface area is 119 Å². The highest BCUT2D eigenvalue weighted by Gasteiger charge is 2.26. The molecule has 2 rings (SSSR count). The highest BCUT2D eigenvalue weighted by Crippen LogP contribution is 2.36. The quantitative estimate of drug-likeness (QED) is 0.568. The molecule has 0 fully saturated rings. The van der Waals surface area contributed by atoms with Gasteiger partial charge in [0.15, 0.2) is 0 Å². The van der Waals surface area contributed by atoms with Gasteiger partial charge in [-0.25, -0.2) is 0 Å². The standard InChI is InChI=1S/C16H23N.C2H6/c1-15(2,3)12-8-7-11-9-14(16(4,5)6)17-13(11)10-12;1-2/h7-8,10H,9H2,1-6H3;1-2H3. The topological polar surface area (TPSA) is 12.4 Å². The Morgan fingerprint density at radius 2 is 1.47 bits per heavy atom.